The Kier molecular flexibility index (Phi) is 3.03. The Hall–Kier alpha value is -1.97. The number of nitrogen functional groups attached to an aromatic ring is 1. The van der Waals surface area contributed by atoms with E-state index in [0.717, 1.165) is 22.6 Å². The second-order valence-electron chi connectivity index (χ2n) is 4.61. The van der Waals surface area contributed by atoms with E-state index in [1.807, 2.05) is 20.0 Å². The maximum Gasteiger partial charge on any atom is 0.153 e. The van der Waals surface area contributed by atoms with Crippen LogP contribution in [0.1, 0.15) is 16.8 Å². The number of benzene rings is 1. The first-order valence-electron chi connectivity index (χ1n) is 5.90. The van der Waals surface area contributed by atoms with Crippen LogP contribution in [-0.4, -0.2) is 16.9 Å². The van der Waals surface area contributed by atoms with Gasteiger partial charge in [0, 0.05) is 18.3 Å². The van der Waals surface area contributed by atoms with E-state index in [1.54, 1.807) is 11.8 Å². The number of rotatable bonds is 2. The van der Waals surface area contributed by atoms with Gasteiger partial charge in [-0.15, -0.1) is 0 Å². The van der Waals surface area contributed by atoms with Crippen molar-refractivity contribution in [1.29, 1.82) is 0 Å². The van der Waals surface area contributed by atoms with Crippen LogP contribution in [0.4, 0.5) is 5.82 Å². The maximum atomic E-state index is 6.00. The minimum Gasteiger partial charge on any atom is -0.496 e. The third-order valence-corrected chi connectivity index (χ3v) is 3.45. The maximum absolute atomic E-state index is 6.00. The molecule has 96 valence electrons. The molecule has 2 N–H and O–H groups in total. The largest absolute Gasteiger partial charge is 0.496 e. The second-order valence-corrected chi connectivity index (χ2v) is 4.61. The minimum atomic E-state index is 0.538. The lowest BCUT2D eigenvalue weighted by molar-refractivity contribution is 0.416. The Labute approximate surface area is 107 Å². The van der Waals surface area contributed by atoms with Crippen LogP contribution in [0, 0.1) is 20.8 Å². The molecule has 4 nitrogen and oxygen atoms in total. The SMILES string of the molecule is COc1cc(C)c(C)cc1-c1c(N)nn(C)c1C. The summed E-state index contributed by atoms with van der Waals surface area (Å²) in [5, 5.41) is 4.25. The van der Waals surface area contributed by atoms with Gasteiger partial charge in [-0.05, 0) is 44.0 Å². The van der Waals surface area contributed by atoms with Gasteiger partial charge >= 0.3 is 0 Å². The van der Waals surface area contributed by atoms with E-state index >= 15 is 0 Å². The third kappa shape index (κ3) is 1.83. The number of nitrogens with two attached hydrogens (primary N) is 1. The van der Waals surface area contributed by atoms with E-state index in [-0.39, 0.29) is 0 Å². The number of ether oxygens (including phenoxy) is 1. The van der Waals surface area contributed by atoms with Crippen LogP contribution in [0.3, 0.4) is 0 Å². The molecule has 1 heterocycles. The van der Waals surface area contributed by atoms with Crippen molar-refractivity contribution in [3.8, 4) is 16.9 Å². The van der Waals surface area contributed by atoms with Gasteiger partial charge in [0.2, 0.25) is 0 Å². The molecule has 0 aliphatic rings. The molecule has 0 fully saturated rings. The van der Waals surface area contributed by atoms with Crippen molar-refractivity contribution >= 4 is 5.82 Å². The fourth-order valence-corrected chi connectivity index (χ4v) is 2.12. The summed E-state index contributed by atoms with van der Waals surface area (Å²) in [6.07, 6.45) is 0. The second kappa shape index (κ2) is 4.37. The molecule has 0 saturated carbocycles. The number of methoxy groups -OCH3 is 1. The molecule has 0 atom stereocenters. The lowest BCUT2D eigenvalue weighted by atomic mass is 9.99. The summed E-state index contributed by atoms with van der Waals surface area (Å²) in [4.78, 5) is 0. The molecular formula is C14H19N3O. The Morgan fingerprint density at radius 1 is 1.17 bits per heavy atom. The lowest BCUT2D eigenvalue weighted by Gasteiger charge is -2.12. The number of hydrogen-bond acceptors (Lipinski definition) is 3. The average molecular weight is 245 g/mol. The van der Waals surface area contributed by atoms with Crippen molar-refractivity contribution in [2.75, 3.05) is 12.8 Å². The van der Waals surface area contributed by atoms with Gasteiger partial charge in [-0.1, -0.05) is 0 Å². The van der Waals surface area contributed by atoms with E-state index in [1.165, 1.54) is 11.1 Å². The molecular weight excluding hydrogens is 226 g/mol. The lowest BCUT2D eigenvalue weighted by Crippen LogP contribution is -1.95. The summed E-state index contributed by atoms with van der Waals surface area (Å²) < 4.78 is 7.25. The molecule has 1 aromatic carbocycles. The van der Waals surface area contributed by atoms with E-state index in [9.17, 15) is 0 Å². The Bertz CT molecular complexity index is 600. The van der Waals surface area contributed by atoms with Crippen LogP contribution >= 0.6 is 0 Å². The van der Waals surface area contributed by atoms with E-state index in [0.29, 0.717) is 5.82 Å². The van der Waals surface area contributed by atoms with Crippen molar-refractivity contribution in [3.63, 3.8) is 0 Å². The molecule has 0 saturated heterocycles. The number of nitrogens with zero attached hydrogens (tertiary/aromatic N) is 2. The predicted molar refractivity (Wildman–Crippen MR) is 73.8 cm³/mol. The topological polar surface area (TPSA) is 53.1 Å². The van der Waals surface area contributed by atoms with E-state index < -0.39 is 0 Å². The molecule has 2 aromatic rings. The number of aromatic nitrogens is 2. The summed E-state index contributed by atoms with van der Waals surface area (Å²) >= 11 is 0. The van der Waals surface area contributed by atoms with Crippen molar-refractivity contribution in [2.45, 2.75) is 20.8 Å². The normalized spacial score (nSPS) is 10.7. The highest BCUT2D eigenvalue weighted by Gasteiger charge is 2.17. The van der Waals surface area contributed by atoms with Gasteiger partial charge < -0.3 is 10.5 Å². The quantitative estimate of drug-likeness (QED) is 0.884. The molecule has 0 bridgehead atoms. The zero-order valence-corrected chi connectivity index (χ0v) is 11.5. The molecule has 0 radical (unpaired) electrons. The summed E-state index contributed by atoms with van der Waals surface area (Å²) in [6, 6.07) is 4.14. The number of hydrogen-bond donors (Lipinski definition) is 1. The fraction of sp³-hybridized carbons (Fsp3) is 0.357. The molecule has 0 aliphatic heterocycles. The van der Waals surface area contributed by atoms with E-state index in [2.05, 4.69) is 25.0 Å². The van der Waals surface area contributed by atoms with Crippen LogP contribution in [0.5, 0.6) is 5.75 Å². The monoisotopic (exact) mass is 245 g/mol. The van der Waals surface area contributed by atoms with Crippen molar-refractivity contribution in [3.05, 3.63) is 29.0 Å². The van der Waals surface area contributed by atoms with Crippen LogP contribution in [-0.2, 0) is 7.05 Å². The highest BCUT2D eigenvalue weighted by Crippen LogP contribution is 2.37. The molecule has 4 heteroatoms. The van der Waals surface area contributed by atoms with Crippen molar-refractivity contribution in [2.24, 2.45) is 7.05 Å². The minimum absolute atomic E-state index is 0.538. The molecule has 0 amide bonds. The highest BCUT2D eigenvalue weighted by atomic mass is 16.5. The van der Waals surface area contributed by atoms with Gasteiger partial charge in [-0.25, -0.2) is 0 Å². The van der Waals surface area contributed by atoms with Crippen molar-refractivity contribution < 1.29 is 4.74 Å². The standard InChI is InChI=1S/C14H19N3O/c1-8-6-11(12(18-5)7-9(8)2)13-10(3)17(4)16-14(13)15/h6-7H,1-5H3,(H2,15,16). The zero-order valence-electron chi connectivity index (χ0n) is 11.5. The van der Waals surface area contributed by atoms with Gasteiger partial charge in [0.05, 0.1) is 12.7 Å². The van der Waals surface area contributed by atoms with Gasteiger partial charge in [0.25, 0.3) is 0 Å². The van der Waals surface area contributed by atoms with Gasteiger partial charge in [-0.2, -0.15) is 5.10 Å². The highest BCUT2D eigenvalue weighted by molar-refractivity contribution is 5.81. The predicted octanol–water partition coefficient (Wildman–Crippen LogP) is 2.60. The molecule has 0 unspecified atom stereocenters. The van der Waals surface area contributed by atoms with E-state index in [4.69, 9.17) is 10.5 Å². The smallest absolute Gasteiger partial charge is 0.153 e. The molecule has 0 aliphatic carbocycles. The van der Waals surface area contributed by atoms with Crippen LogP contribution in [0.2, 0.25) is 0 Å². The van der Waals surface area contributed by atoms with Gasteiger partial charge in [0.1, 0.15) is 5.75 Å². The molecule has 18 heavy (non-hydrogen) atoms. The summed E-state index contributed by atoms with van der Waals surface area (Å²) in [5.41, 5.74) is 11.4. The Balaban J connectivity index is 2.74. The first kappa shape index (κ1) is 12.5. The fourth-order valence-electron chi connectivity index (χ4n) is 2.12. The molecule has 2 rings (SSSR count). The number of aryl methyl sites for hydroxylation is 3. The summed E-state index contributed by atoms with van der Waals surface area (Å²) in [5.74, 6) is 1.37. The Morgan fingerprint density at radius 2 is 1.78 bits per heavy atom. The molecule has 1 aromatic heterocycles. The van der Waals surface area contributed by atoms with Gasteiger partial charge in [-0.3, -0.25) is 4.68 Å². The van der Waals surface area contributed by atoms with Crippen LogP contribution in [0.25, 0.3) is 11.1 Å². The Morgan fingerprint density at radius 3 is 2.28 bits per heavy atom. The summed E-state index contributed by atoms with van der Waals surface area (Å²) in [7, 11) is 3.57. The zero-order chi connectivity index (χ0) is 13.4. The first-order valence-corrected chi connectivity index (χ1v) is 5.90. The first-order chi connectivity index (χ1) is 8.45. The van der Waals surface area contributed by atoms with Crippen LogP contribution in [0.15, 0.2) is 12.1 Å². The van der Waals surface area contributed by atoms with Crippen molar-refractivity contribution in [1.82, 2.24) is 9.78 Å². The van der Waals surface area contributed by atoms with Gasteiger partial charge in [0.15, 0.2) is 5.82 Å². The number of anilines is 1. The third-order valence-electron chi connectivity index (χ3n) is 3.45. The summed E-state index contributed by atoms with van der Waals surface area (Å²) in [6.45, 7) is 6.16. The molecule has 0 spiro atoms. The average Bonchev–Trinajstić information content (AvgIpc) is 2.57. The van der Waals surface area contributed by atoms with Crippen LogP contribution < -0.4 is 10.5 Å².